The van der Waals surface area contributed by atoms with E-state index >= 15 is 0 Å². The standard InChI is InChI=1S/C62H74O15/c1-61(2,3)59(65)76-55-54(72-39-46-31-21-12-22-32-46)52(48(73-57(55)67-7)40-68-36-43-25-15-9-16-26-43)75-58-56(77-60(66)62(4,5)6)53(71-38-45-29-19-11-20-30-45)51(70-37-44-27-17-10-18-28-44)49(74-58)41-69-50(64)34-33-47(63)35-42-23-13-8-14-24-42/h8-32,48-49,51-58H,33-41H2,1-7H3/t48-,49-,51-,52-,53+,54+,55-,56-,57-,58+/m1/s1. The van der Waals surface area contributed by atoms with E-state index in [2.05, 4.69) is 0 Å². The molecule has 2 fully saturated rings. The fourth-order valence-electron chi connectivity index (χ4n) is 8.64. The molecule has 2 aliphatic rings. The lowest BCUT2D eigenvalue weighted by Gasteiger charge is -2.50. The first kappa shape index (κ1) is 58.5. The first-order valence-electron chi connectivity index (χ1n) is 26.3. The van der Waals surface area contributed by atoms with Crippen molar-refractivity contribution in [2.24, 2.45) is 10.8 Å². The van der Waals surface area contributed by atoms with Gasteiger partial charge in [0.15, 0.2) is 24.8 Å². The second kappa shape index (κ2) is 28.5. The number of ketones is 1. The zero-order chi connectivity index (χ0) is 54.8. The predicted octanol–water partition coefficient (Wildman–Crippen LogP) is 9.49. The third kappa shape index (κ3) is 17.7. The maximum absolute atomic E-state index is 14.4. The van der Waals surface area contributed by atoms with Gasteiger partial charge in [-0.1, -0.05) is 152 Å². The monoisotopic (exact) mass is 1060 g/mol. The molecule has 0 amide bonds. The second-order valence-corrected chi connectivity index (χ2v) is 21.3. The van der Waals surface area contributed by atoms with Gasteiger partial charge in [-0.25, -0.2) is 0 Å². The van der Waals surface area contributed by atoms with Crippen molar-refractivity contribution in [1.82, 2.24) is 0 Å². The Morgan fingerprint density at radius 1 is 0.442 bits per heavy atom. The molecule has 77 heavy (non-hydrogen) atoms. The van der Waals surface area contributed by atoms with Gasteiger partial charge in [0.05, 0.1) is 50.3 Å². The number of carbonyl (C=O) groups excluding carboxylic acids is 4. The van der Waals surface area contributed by atoms with E-state index in [0.717, 1.165) is 27.8 Å². The first-order chi connectivity index (χ1) is 37.0. The van der Waals surface area contributed by atoms with Gasteiger partial charge in [0.2, 0.25) is 0 Å². The molecular formula is C62H74O15. The first-order valence-corrected chi connectivity index (χ1v) is 26.3. The molecule has 0 aromatic heterocycles. The number of hydrogen-bond donors (Lipinski definition) is 0. The van der Waals surface area contributed by atoms with E-state index in [-0.39, 0.29) is 64.7 Å². The Bertz CT molecular complexity index is 2570. The third-order valence-electron chi connectivity index (χ3n) is 12.9. The molecule has 0 bridgehead atoms. The summed E-state index contributed by atoms with van der Waals surface area (Å²) in [5.74, 6) is -1.92. The lowest BCUT2D eigenvalue weighted by molar-refractivity contribution is -0.369. The topological polar surface area (TPSA) is 170 Å². The van der Waals surface area contributed by atoms with E-state index in [1.165, 1.54) is 7.11 Å². The van der Waals surface area contributed by atoms with E-state index in [0.29, 0.717) is 0 Å². The number of benzene rings is 5. The van der Waals surface area contributed by atoms with E-state index in [4.69, 9.17) is 52.1 Å². The number of carbonyl (C=O) groups is 4. The van der Waals surface area contributed by atoms with Crippen LogP contribution in [0, 0.1) is 10.8 Å². The molecule has 0 radical (unpaired) electrons. The molecule has 10 atom stereocenters. The van der Waals surface area contributed by atoms with Gasteiger partial charge in [0, 0.05) is 20.0 Å². The number of esters is 3. The Labute approximate surface area is 452 Å². The number of ether oxygens (including phenoxy) is 11. The van der Waals surface area contributed by atoms with Gasteiger partial charge in [0.25, 0.3) is 0 Å². The van der Waals surface area contributed by atoms with Crippen LogP contribution in [0.25, 0.3) is 0 Å². The summed E-state index contributed by atoms with van der Waals surface area (Å²) in [6, 6.07) is 47.3. The smallest absolute Gasteiger partial charge is 0.311 e. The number of Topliss-reactive ketones (excluding diaryl/α,β-unsaturated/α-hetero) is 1. The maximum atomic E-state index is 14.4. The van der Waals surface area contributed by atoms with Crippen molar-refractivity contribution in [1.29, 1.82) is 0 Å². The van der Waals surface area contributed by atoms with Crippen LogP contribution in [0.3, 0.4) is 0 Å². The quantitative estimate of drug-likeness (QED) is 0.0400. The third-order valence-corrected chi connectivity index (χ3v) is 12.9. The van der Waals surface area contributed by atoms with Crippen LogP contribution < -0.4 is 0 Å². The fraction of sp³-hybridized carbons (Fsp3) is 0.452. The molecule has 2 saturated heterocycles. The summed E-state index contributed by atoms with van der Waals surface area (Å²) in [6.45, 7) is 10.3. The van der Waals surface area contributed by atoms with Crippen LogP contribution in [0.1, 0.15) is 82.2 Å². The van der Waals surface area contributed by atoms with Crippen LogP contribution in [-0.4, -0.2) is 105 Å². The molecule has 5 aromatic carbocycles. The fourth-order valence-corrected chi connectivity index (χ4v) is 8.64. The van der Waals surface area contributed by atoms with Gasteiger partial charge >= 0.3 is 17.9 Å². The second-order valence-electron chi connectivity index (χ2n) is 21.3. The van der Waals surface area contributed by atoms with Crippen LogP contribution in [0.4, 0.5) is 0 Å². The molecule has 0 unspecified atom stereocenters. The maximum Gasteiger partial charge on any atom is 0.311 e. The molecule has 412 valence electrons. The Balaban J connectivity index is 1.30. The molecule has 0 saturated carbocycles. The van der Waals surface area contributed by atoms with Crippen molar-refractivity contribution in [2.75, 3.05) is 20.3 Å². The van der Waals surface area contributed by atoms with Crippen molar-refractivity contribution < 1.29 is 71.3 Å². The van der Waals surface area contributed by atoms with Crippen LogP contribution in [0.15, 0.2) is 152 Å². The van der Waals surface area contributed by atoms with Crippen molar-refractivity contribution in [3.05, 3.63) is 179 Å². The summed E-state index contributed by atoms with van der Waals surface area (Å²) >= 11 is 0. The highest BCUT2D eigenvalue weighted by molar-refractivity contribution is 5.84. The zero-order valence-corrected chi connectivity index (χ0v) is 45.2. The molecule has 15 heteroatoms. The molecule has 0 N–H and O–H groups in total. The van der Waals surface area contributed by atoms with Crippen molar-refractivity contribution in [2.45, 2.75) is 149 Å². The zero-order valence-electron chi connectivity index (χ0n) is 45.2. The van der Waals surface area contributed by atoms with E-state index in [1.54, 1.807) is 41.5 Å². The highest BCUT2D eigenvalue weighted by Gasteiger charge is 2.56. The molecule has 0 aliphatic carbocycles. The summed E-state index contributed by atoms with van der Waals surface area (Å²) < 4.78 is 72.5. The van der Waals surface area contributed by atoms with Gasteiger partial charge in [-0.15, -0.1) is 0 Å². The highest BCUT2D eigenvalue weighted by Crippen LogP contribution is 2.38. The van der Waals surface area contributed by atoms with Crippen LogP contribution in [-0.2, 0) is 104 Å². The Kier molecular flexibility index (Phi) is 21.6. The van der Waals surface area contributed by atoms with Gasteiger partial charge in [-0.3, -0.25) is 19.2 Å². The summed E-state index contributed by atoms with van der Waals surface area (Å²) in [7, 11) is 1.45. The minimum absolute atomic E-state index is 0.0364. The lowest BCUT2D eigenvalue weighted by atomic mass is 9.94. The molecule has 5 aromatic rings. The predicted molar refractivity (Wildman–Crippen MR) is 284 cm³/mol. The Morgan fingerprint density at radius 2 is 0.831 bits per heavy atom. The van der Waals surface area contributed by atoms with Crippen molar-refractivity contribution >= 4 is 23.7 Å². The Hall–Kier alpha value is -6.14. The number of rotatable bonds is 25. The average molecular weight is 1060 g/mol. The molecule has 2 aliphatic heterocycles. The molecule has 7 rings (SSSR count). The lowest BCUT2D eigenvalue weighted by Crippen LogP contribution is -2.67. The summed E-state index contributed by atoms with van der Waals surface area (Å²) in [5.41, 5.74) is 2.20. The van der Waals surface area contributed by atoms with E-state index < -0.39 is 90.1 Å². The van der Waals surface area contributed by atoms with Crippen LogP contribution in [0.2, 0.25) is 0 Å². The average Bonchev–Trinajstić information content (AvgIpc) is 3.42. The molecular weight excluding hydrogens is 985 g/mol. The molecule has 0 spiro atoms. The van der Waals surface area contributed by atoms with Crippen molar-refractivity contribution in [3.8, 4) is 0 Å². The SMILES string of the molecule is CO[C@@H]1O[C@H](COCc2ccccc2)[C@@H](O[C@@H]2O[C@H](COC(=O)CCC(=O)Cc3ccccc3)[C@@H](OCc3ccccc3)[C@H](OCc3ccccc3)[C@H]2OC(=O)C(C)(C)C)[C@H](OCc2ccccc2)[C@H]1OC(=O)C(C)(C)C. The summed E-state index contributed by atoms with van der Waals surface area (Å²) in [5, 5.41) is 0. The Morgan fingerprint density at radius 3 is 1.29 bits per heavy atom. The van der Waals surface area contributed by atoms with Gasteiger partial charge in [-0.05, 0) is 69.4 Å². The van der Waals surface area contributed by atoms with E-state index in [9.17, 15) is 19.2 Å². The summed E-state index contributed by atoms with van der Waals surface area (Å²) in [6.07, 6.45) is -12.1. The van der Waals surface area contributed by atoms with Gasteiger partial charge in [0.1, 0.15) is 49.0 Å². The van der Waals surface area contributed by atoms with Gasteiger partial charge < -0.3 is 52.1 Å². The van der Waals surface area contributed by atoms with Gasteiger partial charge in [-0.2, -0.15) is 0 Å². The highest BCUT2D eigenvalue weighted by atomic mass is 16.8. The van der Waals surface area contributed by atoms with Crippen LogP contribution in [0.5, 0.6) is 0 Å². The number of methoxy groups -OCH3 is 1. The normalized spacial score (nSPS) is 23.6. The number of hydrogen-bond acceptors (Lipinski definition) is 15. The van der Waals surface area contributed by atoms with Crippen LogP contribution >= 0.6 is 0 Å². The minimum Gasteiger partial charge on any atom is -0.463 e. The molecule has 15 nitrogen and oxygen atoms in total. The molecule has 2 heterocycles. The van der Waals surface area contributed by atoms with Crippen molar-refractivity contribution in [3.63, 3.8) is 0 Å². The van der Waals surface area contributed by atoms with E-state index in [1.807, 2.05) is 152 Å². The largest absolute Gasteiger partial charge is 0.463 e. The minimum atomic E-state index is -1.53. The summed E-state index contributed by atoms with van der Waals surface area (Å²) in [4.78, 5) is 55.0.